The molecule has 4 saturated heterocycles. The average molecular weight is 371 g/mol. The summed E-state index contributed by atoms with van der Waals surface area (Å²) in [7, 11) is 0. The second-order valence-electron chi connectivity index (χ2n) is 8.57. The summed E-state index contributed by atoms with van der Waals surface area (Å²) in [5, 5.41) is 4.55. The van der Waals surface area contributed by atoms with Crippen molar-refractivity contribution in [1.82, 2.24) is 10.2 Å². The van der Waals surface area contributed by atoms with E-state index < -0.39 is 0 Å². The van der Waals surface area contributed by atoms with E-state index in [0.717, 1.165) is 23.5 Å². The van der Waals surface area contributed by atoms with Gasteiger partial charge in [-0.25, -0.2) is 0 Å². The number of carbonyl (C=O) groups is 1. The number of piperidine rings is 3. The van der Waals surface area contributed by atoms with E-state index >= 15 is 0 Å². The number of hydrogen-bond donors (Lipinski definition) is 1. The lowest BCUT2D eigenvalue weighted by atomic mass is 9.72. The summed E-state index contributed by atoms with van der Waals surface area (Å²) in [5.41, 5.74) is 1.38. The lowest BCUT2D eigenvalue weighted by Crippen LogP contribution is -2.69. The molecular weight excluding hydrogens is 344 g/mol. The first-order chi connectivity index (χ1) is 12.5. The number of nitrogens with one attached hydrogen (secondary N) is 1. The molecule has 1 N–H and O–H groups in total. The summed E-state index contributed by atoms with van der Waals surface area (Å²) < 4.78 is 6.51. The molecule has 0 spiro atoms. The molecule has 1 amide bonds. The number of nitrogens with zero attached hydrogens (tertiary/aromatic N) is 1. The van der Waals surface area contributed by atoms with Crippen LogP contribution in [-0.4, -0.2) is 48.7 Å². The van der Waals surface area contributed by atoms with Gasteiger partial charge in [0.05, 0.1) is 18.1 Å². The Bertz CT molecular complexity index is 847. The van der Waals surface area contributed by atoms with Crippen LogP contribution in [0, 0.1) is 5.92 Å². The maximum Gasteiger partial charge on any atom is 0.261 e. The molecular formula is C21H26N2O2S. The number of hydrogen-bond acceptors (Lipinski definition) is 4. The van der Waals surface area contributed by atoms with Crippen molar-refractivity contribution in [1.29, 1.82) is 0 Å². The molecule has 2 bridgehead atoms. The SMILES string of the molecule is CC1(C)[C@H](NC(=O)c2cc3ccc(C4COC4)cc3s2)C2CCN1CC2. The molecule has 0 radical (unpaired) electrons. The fourth-order valence-electron chi connectivity index (χ4n) is 4.93. The van der Waals surface area contributed by atoms with Gasteiger partial charge in [-0.05, 0) is 68.8 Å². The van der Waals surface area contributed by atoms with Crippen LogP contribution in [0.2, 0.25) is 0 Å². The highest BCUT2D eigenvalue weighted by molar-refractivity contribution is 7.20. The molecule has 6 rings (SSSR count). The van der Waals surface area contributed by atoms with Gasteiger partial charge in [0, 0.05) is 22.2 Å². The van der Waals surface area contributed by atoms with Gasteiger partial charge in [0.2, 0.25) is 0 Å². The Morgan fingerprint density at radius 2 is 2.00 bits per heavy atom. The first kappa shape index (κ1) is 16.7. The van der Waals surface area contributed by atoms with Gasteiger partial charge in [-0.3, -0.25) is 9.69 Å². The van der Waals surface area contributed by atoms with Gasteiger partial charge in [-0.2, -0.15) is 0 Å². The fourth-order valence-corrected chi connectivity index (χ4v) is 5.95. The second-order valence-corrected chi connectivity index (χ2v) is 9.66. The summed E-state index contributed by atoms with van der Waals surface area (Å²) >= 11 is 1.61. The number of fused-ring (bicyclic) bond motifs is 4. The first-order valence-electron chi connectivity index (χ1n) is 9.69. The first-order valence-corrected chi connectivity index (χ1v) is 10.5. The molecule has 0 aliphatic carbocycles. The van der Waals surface area contributed by atoms with Gasteiger partial charge in [0.15, 0.2) is 0 Å². The van der Waals surface area contributed by atoms with E-state index in [1.165, 1.54) is 36.2 Å². The molecule has 1 aromatic carbocycles. The van der Waals surface area contributed by atoms with Crippen LogP contribution in [0.3, 0.4) is 0 Å². The summed E-state index contributed by atoms with van der Waals surface area (Å²) in [4.78, 5) is 16.4. The molecule has 0 unspecified atom stereocenters. The molecule has 4 aliphatic heterocycles. The molecule has 138 valence electrons. The van der Waals surface area contributed by atoms with Crippen LogP contribution < -0.4 is 5.32 Å². The molecule has 2 aromatic rings. The lowest BCUT2D eigenvalue weighted by molar-refractivity contribution is -0.0377. The normalized spacial score (nSPS) is 30.3. The maximum atomic E-state index is 13.0. The van der Waals surface area contributed by atoms with Crippen molar-refractivity contribution < 1.29 is 9.53 Å². The Morgan fingerprint density at radius 1 is 1.23 bits per heavy atom. The molecule has 26 heavy (non-hydrogen) atoms. The minimum absolute atomic E-state index is 0.0465. The van der Waals surface area contributed by atoms with Crippen molar-refractivity contribution in [3.8, 4) is 0 Å². The molecule has 4 aliphatic rings. The Kier molecular flexibility index (Phi) is 3.89. The quantitative estimate of drug-likeness (QED) is 0.897. The van der Waals surface area contributed by atoms with E-state index in [0.29, 0.717) is 11.8 Å². The number of benzene rings is 1. The zero-order valence-corrected chi connectivity index (χ0v) is 16.3. The molecule has 5 heteroatoms. The predicted molar refractivity (Wildman–Crippen MR) is 105 cm³/mol. The highest BCUT2D eigenvalue weighted by Crippen LogP contribution is 2.39. The number of carbonyl (C=O) groups excluding carboxylic acids is 1. The number of rotatable bonds is 3. The van der Waals surface area contributed by atoms with Crippen molar-refractivity contribution in [3.63, 3.8) is 0 Å². The van der Waals surface area contributed by atoms with Crippen molar-refractivity contribution in [2.45, 2.75) is 44.2 Å². The van der Waals surface area contributed by atoms with Crippen LogP contribution in [0.1, 0.15) is 47.8 Å². The van der Waals surface area contributed by atoms with Crippen LogP contribution in [0.15, 0.2) is 24.3 Å². The minimum atomic E-state index is 0.0465. The van der Waals surface area contributed by atoms with Crippen LogP contribution in [0.4, 0.5) is 0 Å². The largest absolute Gasteiger partial charge is 0.380 e. The monoisotopic (exact) mass is 370 g/mol. The highest BCUT2D eigenvalue weighted by atomic mass is 32.1. The van der Waals surface area contributed by atoms with Crippen molar-refractivity contribution in [3.05, 3.63) is 34.7 Å². The smallest absolute Gasteiger partial charge is 0.261 e. The third-order valence-electron chi connectivity index (χ3n) is 6.75. The number of thiophene rings is 1. The van der Waals surface area contributed by atoms with Gasteiger partial charge in [-0.1, -0.05) is 12.1 Å². The lowest BCUT2D eigenvalue weighted by Gasteiger charge is -2.56. The van der Waals surface area contributed by atoms with Crippen LogP contribution in [-0.2, 0) is 4.74 Å². The van der Waals surface area contributed by atoms with E-state index in [9.17, 15) is 4.79 Å². The second kappa shape index (κ2) is 6.04. The molecule has 4 fully saturated rings. The van der Waals surface area contributed by atoms with E-state index in [4.69, 9.17) is 4.74 Å². The Morgan fingerprint density at radius 3 is 2.65 bits per heavy atom. The maximum absolute atomic E-state index is 13.0. The molecule has 0 saturated carbocycles. The van der Waals surface area contributed by atoms with E-state index in [2.05, 4.69) is 42.3 Å². The van der Waals surface area contributed by atoms with Crippen molar-refractivity contribution in [2.24, 2.45) is 5.92 Å². The predicted octanol–water partition coefficient (Wildman–Crippen LogP) is 3.62. The number of ether oxygens (including phenoxy) is 1. The van der Waals surface area contributed by atoms with Crippen LogP contribution in [0.5, 0.6) is 0 Å². The van der Waals surface area contributed by atoms with Gasteiger partial charge in [-0.15, -0.1) is 11.3 Å². The van der Waals surface area contributed by atoms with Crippen LogP contribution in [0.25, 0.3) is 10.1 Å². The van der Waals surface area contributed by atoms with E-state index in [-0.39, 0.29) is 17.5 Å². The summed E-state index contributed by atoms with van der Waals surface area (Å²) in [5.74, 6) is 1.22. The third-order valence-corrected chi connectivity index (χ3v) is 7.85. The van der Waals surface area contributed by atoms with Crippen molar-refractivity contribution in [2.75, 3.05) is 26.3 Å². The van der Waals surface area contributed by atoms with Gasteiger partial charge in [0.1, 0.15) is 0 Å². The zero-order chi connectivity index (χ0) is 17.9. The van der Waals surface area contributed by atoms with E-state index in [1.54, 1.807) is 11.3 Å². The van der Waals surface area contributed by atoms with Gasteiger partial charge in [0.25, 0.3) is 5.91 Å². The zero-order valence-electron chi connectivity index (χ0n) is 15.5. The standard InChI is InChI=1S/C21H26N2O2S/c1-21(2)19(13-5-7-23(21)8-6-13)22-20(24)18-10-15-4-3-14(9-17(15)26-18)16-11-25-12-16/h3-4,9-10,13,16,19H,5-8,11-12H2,1-2H3,(H,22,24)/t19-/m1/s1. The topological polar surface area (TPSA) is 41.6 Å². The molecule has 5 heterocycles. The third kappa shape index (κ3) is 2.60. The molecule has 1 aromatic heterocycles. The Hall–Kier alpha value is -1.43. The van der Waals surface area contributed by atoms with E-state index in [1.807, 2.05) is 6.07 Å². The number of amides is 1. The van der Waals surface area contributed by atoms with Crippen LogP contribution >= 0.6 is 11.3 Å². The van der Waals surface area contributed by atoms with Gasteiger partial charge >= 0.3 is 0 Å². The minimum Gasteiger partial charge on any atom is -0.380 e. The molecule has 4 nitrogen and oxygen atoms in total. The highest BCUT2D eigenvalue weighted by Gasteiger charge is 2.48. The average Bonchev–Trinajstić information content (AvgIpc) is 3.00. The summed E-state index contributed by atoms with van der Waals surface area (Å²) in [6.45, 7) is 8.53. The van der Waals surface area contributed by atoms with Crippen molar-refractivity contribution >= 4 is 27.3 Å². The Labute approximate surface area is 158 Å². The summed E-state index contributed by atoms with van der Waals surface area (Å²) in [6.07, 6.45) is 2.40. The summed E-state index contributed by atoms with van der Waals surface area (Å²) in [6, 6.07) is 8.85. The molecule has 1 atom stereocenters. The van der Waals surface area contributed by atoms with Gasteiger partial charge < -0.3 is 10.1 Å². The Balaban J connectivity index is 1.38. The fraction of sp³-hybridized carbons (Fsp3) is 0.571.